The fourth-order valence-electron chi connectivity index (χ4n) is 1.49. The second kappa shape index (κ2) is 6.04. The predicted octanol–water partition coefficient (Wildman–Crippen LogP) is 3.76. The smallest absolute Gasteiger partial charge is 0.255 e. The molecule has 98 valence electrons. The highest BCUT2D eigenvalue weighted by Gasteiger charge is 2.08. The van der Waals surface area contributed by atoms with Gasteiger partial charge in [-0.3, -0.25) is 4.79 Å². The minimum atomic E-state index is -0.232. The van der Waals surface area contributed by atoms with Gasteiger partial charge in [0, 0.05) is 17.4 Å². The lowest BCUT2D eigenvalue weighted by Gasteiger charge is -2.08. The quantitative estimate of drug-likeness (QED) is 0.865. The molecule has 0 bridgehead atoms. The molecule has 0 atom stereocenters. The Balaban J connectivity index is 2.17. The average Bonchev–Trinajstić information content (AvgIpc) is 2.39. The minimum Gasteiger partial charge on any atom is -0.495 e. The topological polar surface area (TPSA) is 51.2 Å². The van der Waals surface area contributed by atoms with Crippen molar-refractivity contribution in [2.24, 2.45) is 0 Å². The molecular weight excluding hydrogens is 332 g/mol. The van der Waals surface area contributed by atoms with Crippen LogP contribution in [-0.4, -0.2) is 18.0 Å². The van der Waals surface area contributed by atoms with Crippen LogP contribution in [-0.2, 0) is 0 Å². The average molecular weight is 342 g/mol. The lowest BCUT2D eigenvalue weighted by Crippen LogP contribution is -2.12. The number of nitrogens with one attached hydrogen (secondary N) is 1. The van der Waals surface area contributed by atoms with Crippen molar-refractivity contribution in [3.8, 4) is 5.75 Å². The number of methoxy groups -OCH3 is 1. The third-order valence-corrected chi connectivity index (χ3v) is 3.13. The summed E-state index contributed by atoms with van der Waals surface area (Å²) >= 11 is 9.21. The molecule has 0 aliphatic heterocycles. The van der Waals surface area contributed by atoms with E-state index in [2.05, 4.69) is 26.2 Å². The van der Waals surface area contributed by atoms with Crippen LogP contribution < -0.4 is 10.1 Å². The molecule has 0 spiro atoms. The number of halogens is 2. The lowest BCUT2D eigenvalue weighted by atomic mass is 10.2. The molecule has 1 aromatic heterocycles. The second-order valence-corrected chi connectivity index (χ2v) is 4.89. The zero-order valence-electron chi connectivity index (χ0n) is 9.98. The van der Waals surface area contributed by atoms with Crippen LogP contribution in [0.4, 0.5) is 5.69 Å². The molecule has 2 rings (SSSR count). The first kappa shape index (κ1) is 13.8. The van der Waals surface area contributed by atoms with Gasteiger partial charge in [0.15, 0.2) is 0 Å². The van der Waals surface area contributed by atoms with E-state index in [0.29, 0.717) is 26.6 Å². The summed E-state index contributed by atoms with van der Waals surface area (Å²) in [4.78, 5) is 16.0. The van der Waals surface area contributed by atoms with E-state index in [1.54, 1.807) is 36.5 Å². The highest BCUT2D eigenvalue weighted by atomic mass is 79.9. The Kier molecular flexibility index (Phi) is 4.39. The van der Waals surface area contributed by atoms with Gasteiger partial charge in [-0.05, 0) is 46.3 Å². The molecule has 0 aliphatic carbocycles. The van der Waals surface area contributed by atoms with E-state index in [9.17, 15) is 4.79 Å². The maximum Gasteiger partial charge on any atom is 0.255 e. The van der Waals surface area contributed by atoms with Crippen molar-refractivity contribution in [1.29, 1.82) is 0 Å². The van der Waals surface area contributed by atoms with Crippen molar-refractivity contribution in [2.75, 3.05) is 12.4 Å². The van der Waals surface area contributed by atoms with Crippen LogP contribution in [0.2, 0.25) is 5.02 Å². The number of carbonyl (C=O) groups excluding carboxylic acids is 1. The largest absolute Gasteiger partial charge is 0.495 e. The van der Waals surface area contributed by atoms with Gasteiger partial charge in [0.05, 0.1) is 12.1 Å². The molecule has 1 heterocycles. The molecule has 1 N–H and O–H groups in total. The third-order valence-electron chi connectivity index (χ3n) is 2.40. The summed E-state index contributed by atoms with van der Waals surface area (Å²) in [6, 6.07) is 8.32. The van der Waals surface area contributed by atoms with Gasteiger partial charge in [-0.2, -0.15) is 0 Å². The molecule has 0 unspecified atom stereocenters. The first-order chi connectivity index (χ1) is 9.10. The van der Waals surface area contributed by atoms with Gasteiger partial charge in [0.25, 0.3) is 5.91 Å². The number of anilines is 1. The highest BCUT2D eigenvalue weighted by Crippen LogP contribution is 2.27. The summed E-state index contributed by atoms with van der Waals surface area (Å²) in [6.07, 6.45) is 1.56. The Bertz CT molecular complexity index is 619. The predicted molar refractivity (Wildman–Crippen MR) is 77.9 cm³/mol. The number of ether oxygens (including phenoxy) is 1. The summed E-state index contributed by atoms with van der Waals surface area (Å²) in [6.45, 7) is 0. The summed E-state index contributed by atoms with van der Waals surface area (Å²) in [5.41, 5.74) is 1.11. The van der Waals surface area contributed by atoms with E-state index in [-0.39, 0.29) is 5.91 Å². The zero-order valence-corrected chi connectivity index (χ0v) is 12.3. The fraction of sp³-hybridized carbons (Fsp3) is 0.0769. The third kappa shape index (κ3) is 3.45. The molecule has 1 amide bonds. The van der Waals surface area contributed by atoms with Gasteiger partial charge in [-0.15, -0.1) is 0 Å². The van der Waals surface area contributed by atoms with E-state index in [1.807, 2.05) is 0 Å². The monoisotopic (exact) mass is 340 g/mol. The van der Waals surface area contributed by atoms with Gasteiger partial charge in [-0.1, -0.05) is 11.6 Å². The van der Waals surface area contributed by atoms with Gasteiger partial charge in [0.2, 0.25) is 0 Å². The molecule has 2 aromatic rings. The van der Waals surface area contributed by atoms with Gasteiger partial charge < -0.3 is 10.1 Å². The number of pyridine rings is 1. The number of aromatic nitrogens is 1. The SMILES string of the molecule is COc1ccc(NC(=O)c2ccnc(Br)c2)cc1Cl. The van der Waals surface area contributed by atoms with E-state index in [1.165, 1.54) is 7.11 Å². The summed E-state index contributed by atoms with van der Waals surface area (Å²) in [5.74, 6) is 0.329. The first-order valence-corrected chi connectivity index (χ1v) is 6.53. The number of carbonyl (C=O) groups is 1. The minimum absolute atomic E-state index is 0.232. The lowest BCUT2D eigenvalue weighted by molar-refractivity contribution is 0.102. The highest BCUT2D eigenvalue weighted by molar-refractivity contribution is 9.10. The standard InChI is InChI=1S/C13H10BrClN2O2/c1-19-11-3-2-9(7-10(11)15)17-13(18)8-4-5-16-12(14)6-8/h2-7H,1H3,(H,17,18). The molecule has 0 aliphatic rings. The molecule has 6 heteroatoms. The molecule has 0 saturated carbocycles. The fourth-order valence-corrected chi connectivity index (χ4v) is 2.11. The van der Waals surface area contributed by atoms with Crippen LogP contribution >= 0.6 is 27.5 Å². The van der Waals surface area contributed by atoms with Crippen molar-refractivity contribution in [1.82, 2.24) is 4.98 Å². The van der Waals surface area contributed by atoms with Crippen molar-refractivity contribution in [3.05, 3.63) is 51.7 Å². The molecule has 0 radical (unpaired) electrons. The maximum atomic E-state index is 12.0. The molecule has 1 aromatic carbocycles. The molecular formula is C13H10BrClN2O2. The van der Waals surface area contributed by atoms with Gasteiger partial charge >= 0.3 is 0 Å². The Morgan fingerprint density at radius 2 is 2.16 bits per heavy atom. The molecule has 0 saturated heterocycles. The van der Waals surface area contributed by atoms with Crippen molar-refractivity contribution in [2.45, 2.75) is 0 Å². The first-order valence-electron chi connectivity index (χ1n) is 5.36. The van der Waals surface area contributed by atoms with E-state index in [4.69, 9.17) is 16.3 Å². The van der Waals surface area contributed by atoms with Gasteiger partial charge in [0.1, 0.15) is 10.4 Å². The van der Waals surface area contributed by atoms with Crippen LogP contribution in [0.5, 0.6) is 5.75 Å². The normalized spacial score (nSPS) is 10.1. The number of hydrogen-bond acceptors (Lipinski definition) is 3. The Morgan fingerprint density at radius 1 is 1.37 bits per heavy atom. The van der Waals surface area contributed by atoms with Crippen LogP contribution in [0.1, 0.15) is 10.4 Å². The zero-order chi connectivity index (χ0) is 13.8. The maximum absolute atomic E-state index is 12.0. The molecule has 19 heavy (non-hydrogen) atoms. The van der Waals surface area contributed by atoms with Crippen LogP contribution in [0.25, 0.3) is 0 Å². The Hall–Kier alpha value is -1.59. The Morgan fingerprint density at radius 3 is 2.79 bits per heavy atom. The molecule has 0 fully saturated rings. The summed E-state index contributed by atoms with van der Waals surface area (Å²) in [7, 11) is 1.54. The van der Waals surface area contributed by atoms with Crippen molar-refractivity contribution >= 4 is 39.1 Å². The van der Waals surface area contributed by atoms with Crippen LogP contribution in [0.15, 0.2) is 41.1 Å². The van der Waals surface area contributed by atoms with Crippen molar-refractivity contribution < 1.29 is 9.53 Å². The van der Waals surface area contributed by atoms with E-state index < -0.39 is 0 Å². The second-order valence-electron chi connectivity index (χ2n) is 3.67. The van der Waals surface area contributed by atoms with Gasteiger partial charge in [-0.25, -0.2) is 4.98 Å². The number of rotatable bonds is 3. The van der Waals surface area contributed by atoms with Crippen molar-refractivity contribution in [3.63, 3.8) is 0 Å². The van der Waals surface area contributed by atoms with E-state index in [0.717, 1.165) is 0 Å². The molecule has 4 nitrogen and oxygen atoms in total. The number of amides is 1. The van der Waals surface area contributed by atoms with E-state index >= 15 is 0 Å². The van der Waals surface area contributed by atoms with Crippen LogP contribution in [0.3, 0.4) is 0 Å². The number of nitrogens with zero attached hydrogens (tertiary/aromatic N) is 1. The summed E-state index contributed by atoms with van der Waals surface area (Å²) < 4.78 is 5.65. The van der Waals surface area contributed by atoms with Crippen LogP contribution in [0, 0.1) is 0 Å². The number of hydrogen-bond donors (Lipinski definition) is 1. The summed E-state index contributed by atoms with van der Waals surface area (Å²) in [5, 5.41) is 3.19. The Labute approximate surface area is 123 Å². The number of benzene rings is 1.